The monoisotopic (exact) mass is 344 g/mol. The summed E-state index contributed by atoms with van der Waals surface area (Å²) in [5, 5.41) is 18.2. The maximum absolute atomic E-state index is 12.9. The highest BCUT2D eigenvalue weighted by Gasteiger charge is 2.35. The van der Waals surface area contributed by atoms with Gasteiger partial charge in [0.05, 0.1) is 0 Å². The number of piperidine rings is 1. The molecule has 1 unspecified atom stereocenters. The number of hydrogen-bond acceptors (Lipinski definition) is 7. The van der Waals surface area contributed by atoms with Crippen molar-refractivity contribution in [1.82, 2.24) is 20.1 Å². The topological polar surface area (TPSA) is 102 Å². The lowest BCUT2D eigenvalue weighted by molar-refractivity contribution is 0.0541. The summed E-state index contributed by atoms with van der Waals surface area (Å²) in [6.45, 7) is 1.27. The Morgan fingerprint density at radius 1 is 1.20 bits per heavy atom. The van der Waals surface area contributed by atoms with Gasteiger partial charge >= 0.3 is 0 Å². The smallest absolute Gasteiger partial charge is 0.276 e. The number of carbonyl (C=O) groups excluding carboxylic acids is 1. The Bertz CT molecular complexity index is 757. The van der Waals surface area contributed by atoms with Gasteiger partial charge in [0.15, 0.2) is 5.69 Å². The highest BCUT2D eigenvalue weighted by molar-refractivity contribution is 5.95. The molecule has 0 aromatic carbocycles. The molecular formula is C17H20N4O4. The third-order valence-electron chi connectivity index (χ3n) is 4.70. The first-order valence-electron chi connectivity index (χ1n) is 8.64. The van der Waals surface area contributed by atoms with Crippen molar-refractivity contribution in [2.24, 2.45) is 0 Å². The number of nitrogens with zero attached hydrogens (tertiary/aromatic N) is 4. The lowest BCUT2D eigenvalue weighted by Crippen LogP contribution is -2.39. The summed E-state index contributed by atoms with van der Waals surface area (Å²) in [6, 6.07) is 2.75. The first kappa shape index (κ1) is 16.0. The molecule has 25 heavy (non-hydrogen) atoms. The quantitative estimate of drug-likeness (QED) is 0.912. The van der Waals surface area contributed by atoms with E-state index in [0.717, 1.165) is 32.1 Å². The minimum absolute atomic E-state index is 0.0493. The molecule has 1 amide bonds. The molecule has 2 atom stereocenters. The third kappa shape index (κ3) is 3.09. The van der Waals surface area contributed by atoms with Gasteiger partial charge in [-0.15, -0.1) is 10.2 Å². The summed E-state index contributed by atoms with van der Waals surface area (Å²) in [7, 11) is 0. The van der Waals surface area contributed by atoms with Crippen molar-refractivity contribution in [3.8, 4) is 5.75 Å². The van der Waals surface area contributed by atoms with Gasteiger partial charge in [-0.3, -0.25) is 4.79 Å². The number of hydrogen-bond donors (Lipinski definition) is 1. The number of aromatic hydroxyl groups is 1. The maximum Gasteiger partial charge on any atom is 0.276 e. The van der Waals surface area contributed by atoms with Crippen LogP contribution in [0, 0.1) is 0 Å². The van der Waals surface area contributed by atoms with E-state index in [-0.39, 0.29) is 29.5 Å². The average molecular weight is 344 g/mol. The Balaban J connectivity index is 1.59. The van der Waals surface area contributed by atoms with Gasteiger partial charge in [-0.2, -0.15) is 0 Å². The van der Waals surface area contributed by atoms with E-state index in [2.05, 4.69) is 15.2 Å². The highest BCUT2D eigenvalue weighted by atomic mass is 16.5. The predicted molar refractivity (Wildman–Crippen MR) is 85.8 cm³/mol. The van der Waals surface area contributed by atoms with Gasteiger partial charge in [-0.05, 0) is 44.2 Å². The Kier molecular flexibility index (Phi) is 4.35. The fourth-order valence-corrected chi connectivity index (χ4v) is 3.41. The van der Waals surface area contributed by atoms with E-state index < -0.39 is 0 Å². The van der Waals surface area contributed by atoms with E-state index >= 15 is 0 Å². The fourth-order valence-electron chi connectivity index (χ4n) is 3.41. The Morgan fingerprint density at radius 3 is 2.88 bits per heavy atom. The van der Waals surface area contributed by atoms with Crippen LogP contribution in [0.25, 0.3) is 0 Å². The molecular weight excluding hydrogens is 324 g/mol. The largest absolute Gasteiger partial charge is 0.505 e. The average Bonchev–Trinajstić information content (AvgIpc) is 3.33. The van der Waals surface area contributed by atoms with Crippen LogP contribution in [0.1, 0.15) is 66.5 Å². The molecule has 2 aliphatic heterocycles. The Morgan fingerprint density at radius 2 is 2.08 bits per heavy atom. The van der Waals surface area contributed by atoms with Crippen molar-refractivity contribution in [2.75, 3.05) is 13.2 Å². The van der Waals surface area contributed by atoms with E-state index in [1.54, 1.807) is 11.0 Å². The van der Waals surface area contributed by atoms with Crippen LogP contribution in [0.4, 0.5) is 0 Å². The summed E-state index contributed by atoms with van der Waals surface area (Å²) in [6.07, 6.45) is 5.81. The second-order valence-corrected chi connectivity index (χ2v) is 6.36. The molecule has 2 aliphatic rings. The van der Waals surface area contributed by atoms with E-state index in [1.807, 2.05) is 0 Å². The minimum atomic E-state index is -0.320. The molecule has 8 heteroatoms. The normalized spacial score (nSPS) is 23.8. The van der Waals surface area contributed by atoms with Crippen LogP contribution in [0.5, 0.6) is 5.75 Å². The fraction of sp³-hybridized carbons (Fsp3) is 0.529. The second-order valence-electron chi connectivity index (χ2n) is 6.36. The molecule has 4 heterocycles. The SMILES string of the molecule is O=C(c1ncccc1O)N1CCCCC1c1nnc([C@H]2CCCO2)o1. The van der Waals surface area contributed by atoms with Gasteiger partial charge in [-0.1, -0.05) is 0 Å². The van der Waals surface area contributed by atoms with Crippen LogP contribution in [0.15, 0.2) is 22.7 Å². The first-order valence-corrected chi connectivity index (χ1v) is 8.64. The van der Waals surface area contributed by atoms with E-state index in [9.17, 15) is 9.90 Å². The van der Waals surface area contributed by atoms with Gasteiger partial charge in [0.1, 0.15) is 17.9 Å². The van der Waals surface area contributed by atoms with Crippen molar-refractivity contribution in [2.45, 2.75) is 44.2 Å². The van der Waals surface area contributed by atoms with Crippen LogP contribution in [0.2, 0.25) is 0 Å². The Hall–Kier alpha value is -2.48. The van der Waals surface area contributed by atoms with Crippen molar-refractivity contribution >= 4 is 5.91 Å². The molecule has 0 bridgehead atoms. The molecule has 2 aromatic heterocycles. The molecule has 0 aliphatic carbocycles. The van der Waals surface area contributed by atoms with Gasteiger partial charge in [-0.25, -0.2) is 4.98 Å². The number of aromatic nitrogens is 3. The van der Waals surface area contributed by atoms with E-state index in [1.165, 1.54) is 12.3 Å². The zero-order valence-electron chi connectivity index (χ0n) is 13.8. The molecule has 8 nitrogen and oxygen atoms in total. The molecule has 1 N–H and O–H groups in total. The molecule has 132 valence electrons. The van der Waals surface area contributed by atoms with Crippen molar-refractivity contribution in [3.63, 3.8) is 0 Å². The molecule has 0 saturated carbocycles. The predicted octanol–water partition coefficient (Wildman–Crippen LogP) is 2.39. The summed E-state index contributed by atoms with van der Waals surface area (Å²) < 4.78 is 11.4. The molecule has 2 aromatic rings. The number of ether oxygens (including phenoxy) is 1. The number of carbonyl (C=O) groups is 1. The summed E-state index contributed by atoms with van der Waals surface area (Å²) in [4.78, 5) is 18.5. The number of rotatable bonds is 3. The van der Waals surface area contributed by atoms with E-state index in [0.29, 0.717) is 24.9 Å². The lowest BCUT2D eigenvalue weighted by Gasteiger charge is -2.33. The third-order valence-corrected chi connectivity index (χ3v) is 4.70. The van der Waals surface area contributed by atoms with Crippen LogP contribution >= 0.6 is 0 Å². The minimum Gasteiger partial charge on any atom is -0.505 e. The molecule has 2 saturated heterocycles. The van der Waals surface area contributed by atoms with Crippen LogP contribution in [-0.2, 0) is 4.74 Å². The van der Waals surface area contributed by atoms with E-state index in [4.69, 9.17) is 9.15 Å². The van der Waals surface area contributed by atoms with Gasteiger partial charge in [0.2, 0.25) is 11.8 Å². The van der Waals surface area contributed by atoms with Crippen LogP contribution in [0.3, 0.4) is 0 Å². The molecule has 4 rings (SSSR count). The second kappa shape index (κ2) is 6.79. The summed E-state index contributed by atoms with van der Waals surface area (Å²) >= 11 is 0. The van der Waals surface area contributed by atoms with Gasteiger partial charge in [0, 0.05) is 19.3 Å². The molecule has 0 radical (unpaired) electrons. The van der Waals surface area contributed by atoms with Crippen molar-refractivity contribution in [3.05, 3.63) is 35.8 Å². The number of amides is 1. The van der Waals surface area contributed by atoms with Crippen molar-refractivity contribution < 1.29 is 19.1 Å². The highest BCUT2D eigenvalue weighted by Crippen LogP contribution is 2.34. The molecule has 0 spiro atoms. The van der Waals surface area contributed by atoms with Crippen LogP contribution < -0.4 is 0 Å². The zero-order chi connectivity index (χ0) is 17.2. The van der Waals surface area contributed by atoms with Gasteiger partial charge < -0.3 is 19.2 Å². The number of pyridine rings is 1. The first-order chi connectivity index (χ1) is 12.2. The summed E-state index contributed by atoms with van der Waals surface area (Å²) in [5.41, 5.74) is 0.0493. The number of likely N-dealkylation sites (tertiary alicyclic amines) is 1. The summed E-state index contributed by atoms with van der Waals surface area (Å²) in [5.74, 6) is 0.460. The maximum atomic E-state index is 12.9. The lowest BCUT2D eigenvalue weighted by atomic mass is 10.0. The van der Waals surface area contributed by atoms with Crippen molar-refractivity contribution in [1.29, 1.82) is 0 Å². The van der Waals surface area contributed by atoms with Crippen LogP contribution in [-0.4, -0.2) is 44.2 Å². The zero-order valence-corrected chi connectivity index (χ0v) is 13.8. The molecule has 2 fully saturated rings. The standard InChI is InChI=1S/C17H20N4O4/c22-12-6-3-8-18-14(12)17(23)21-9-2-1-5-11(21)15-19-20-16(25-15)13-7-4-10-24-13/h3,6,8,11,13,22H,1-2,4-5,7,9-10H2/t11?,13-/m1/s1. The van der Waals surface area contributed by atoms with Gasteiger partial charge in [0.25, 0.3) is 5.91 Å². The Labute approximate surface area is 144 Å².